The van der Waals surface area contributed by atoms with Crippen LogP contribution in [0.2, 0.25) is 5.02 Å². The van der Waals surface area contributed by atoms with Gasteiger partial charge in [-0.05, 0) is 13.0 Å². The number of methoxy groups -OCH3 is 1. The van der Waals surface area contributed by atoms with Gasteiger partial charge in [-0.1, -0.05) is 11.6 Å². The van der Waals surface area contributed by atoms with Crippen LogP contribution in [0.25, 0.3) is 0 Å². The summed E-state index contributed by atoms with van der Waals surface area (Å²) in [6, 6.07) is 3.32. The van der Waals surface area contributed by atoms with E-state index in [0.29, 0.717) is 28.7 Å². The van der Waals surface area contributed by atoms with Crippen LogP contribution in [0.4, 0.5) is 0 Å². The molecule has 0 heterocycles. The molecule has 78 valence electrons. The summed E-state index contributed by atoms with van der Waals surface area (Å²) in [4.78, 5) is 0. The number of aliphatic hydroxyl groups excluding tert-OH is 1. The molecule has 0 saturated carbocycles. The highest BCUT2D eigenvalue weighted by molar-refractivity contribution is 6.32. The van der Waals surface area contributed by atoms with Crippen LogP contribution in [-0.4, -0.2) is 18.8 Å². The lowest BCUT2D eigenvalue weighted by atomic mass is 10.2. The molecular weight excluding hydrogens is 204 g/mol. The lowest BCUT2D eigenvalue weighted by molar-refractivity contribution is 0.266. The first kappa shape index (κ1) is 11.1. The molecule has 1 aromatic rings. The smallest absolute Gasteiger partial charge is 0.141 e. The van der Waals surface area contributed by atoms with Crippen LogP contribution in [0.15, 0.2) is 12.1 Å². The molecule has 0 amide bonds. The van der Waals surface area contributed by atoms with E-state index in [9.17, 15) is 0 Å². The van der Waals surface area contributed by atoms with Crippen molar-refractivity contribution >= 4 is 11.6 Å². The zero-order valence-corrected chi connectivity index (χ0v) is 8.97. The van der Waals surface area contributed by atoms with E-state index in [1.54, 1.807) is 12.1 Å². The standard InChI is InChI=1S/C10H13ClO3/c1-3-14-9-5-10(13-2)8(11)4-7(9)6-12/h4-5,12H,3,6H2,1-2H3. The number of rotatable bonds is 4. The van der Waals surface area contributed by atoms with Gasteiger partial charge in [-0.2, -0.15) is 0 Å². The Kier molecular flexibility index (Phi) is 4.04. The van der Waals surface area contributed by atoms with Crippen molar-refractivity contribution in [2.75, 3.05) is 13.7 Å². The molecule has 0 bridgehead atoms. The Morgan fingerprint density at radius 3 is 2.57 bits per heavy atom. The molecule has 0 aliphatic heterocycles. The first-order valence-corrected chi connectivity index (χ1v) is 4.70. The number of hydrogen-bond acceptors (Lipinski definition) is 3. The predicted molar refractivity (Wildman–Crippen MR) is 55.1 cm³/mol. The predicted octanol–water partition coefficient (Wildman–Crippen LogP) is 2.24. The largest absolute Gasteiger partial charge is 0.495 e. The average molecular weight is 217 g/mol. The summed E-state index contributed by atoms with van der Waals surface area (Å²) in [5, 5.41) is 9.53. The molecule has 0 aliphatic carbocycles. The molecule has 3 nitrogen and oxygen atoms in total. The van der Waals surface area contributed by atoms with Crippen molar-refractivity contribution in [3.63, 3.8) is 0 Å². The molecule has 4 heteroatoms. The van der Waals surface area contributed by atoms with E-state index in [1.807, 2.05) is 6.92 Å². The van der Waals surface area contributed by atoms with Crippen LogP contribution in [-0.2, 0) is 6.61 Å². The SMILES string of the molecule is CCOc1cc(OC)c(Cl)cc1CO. The lowest BCUT2D eigenvalue weighted by Crippen LogP contribution is -1.98. The zero-order chi connectivity index (χ0) is 10.6. The maximum Gasteiger partial charge on any atom is 0.141 e. The summed E-state index contributed by atoms with van der Waals surface area (Å²) >= 11 is 5.89. The van der Waals surface area contributed by atoms with Crippen molar-refractivity contribution < 1.29 is 14.6 Å². The quantitative estimate of drug-likeness (QED) is 0.839. The van der Waals surface area contributed by atoms with Crippen molar-refractivity contribution in [3.8, 4) is 11.5 Å². The van der Waals surface area contributed by atoms with E-state index in [-0.39, 0.29) is 6.61 Å². The Hall–Kier alpha value is -0.930. The molecule has 0 fully saturated rings. The van der Waals surface area contributed by atoms with Gasteiger partial charge in [-0.3, -0.25) is 0 Å². The highest BCUT2D eigenvalue weighted by Crippen LogP contribution is 2.32. The maximum absolute atomic E-state index is 9.05. The Morgan fingerprint density at radius 2 is 2.07 bits per heavy atom. The second-order valence-corrected chi connectivity index (χ2v) is 3.09. The van der Waals surface area contributed by atoms with Crippen molar-refractivity contribution in [1.82, 2.24) is 0 Å². The molecule has 0 aromatic heterocycles. The molecule has 14 heavy (non-hydrogen) atoms. The number of benzene rings is 1. The topological polar surface area (TPSA) is 38.7 Å². The third kappa shape index (κ3) is 2.30. The van der Waals surface area contributed by atoms with Gasteiger partial charge in [0.05, 0.1) is 25.3 Å². The van der Waals surface area contributed by atoms with Crippen LogP contribution in [0.5, 0.6) is 11.5 Å². The third-order valence-electron chi connectivity index (χ3n) is 1.81. The Balaban J connectivity index is 3.11. The van der Waals surface area contributed by atoms with Crippen molar-refractivity contribution in [2.45, 2.75) is 13.5 Å². The summed E-state index contributed by atoms with van der Waals surface area (Å²) in [5.41, 5.74) is 0.664. The fourth-order valence-corrected chi connectivity index (χ4v) is 1.41. The minimum atomic E-state index is -0.0982. The molecular formula is C10H13ClO3. The average Bonchev–Trinajstić information content (AvgIpc) is 2.20. The molecule has 0 spiro atoms. The van der Waals surface area contributed by atoms with Gasteiger partial charge in [-0.15, -0.1) is 0 Å². The molecule has 1 N–H and O–H groups in total. The molecule has 0 atom stereocenters. The normalized spacial score (nSPS) is 10.0. The van der Waals surface area contributed by atoms with Gasteiger partial charge in [-0.25, -0.2) is 0 Å². The highest BCUT2D eigenvalue weighted by Gasteiger charge is 2.08. The molecule has 0 saturated heterocycles. The summed E-state index contributed by atoms with van der Waals surface area (Å²) in [7, 11) is 1.54. The van der Waals surface area contributed by atoms with Gasteiger partial charge in [0, 0.05) is 11.6 Å². The first-order valence-electron chi connectivity index (χ1n) is 4.33. The van der Waals surface area contributed by atoms with Crippen LogP contribution in [0.1, 0.15) is 12.5 Å². The second-order valence-electron chi connectivity index (χ2n) is 2.69. The Morgan fingerprint density at radius 1 is 1.36 bits per heavy atom. The van der Waals surface area contributed by atoms with Gasteiger partial charge in [0.25, 0.3) is 0 Å². The number of aliphatic hydroxyl groups is 1. The van der Waals surface area contributed by atoms with Crippen LogP contribution >= 0.6 is 11.6 Å². The Labute approximate surface area is 88.2 Å². The maximum atomic E-state index is 9.05. The van der Waals surface area contributed by atoms with Gasteiger partial charge < -0.3 is 14.6 Å². The van der Waals surface area contributed by atoms with Crippen molar-refractivity contribution in [2.24, 2.45) is 0 Å². The van der Waals surface area contributed by atoms with Crippen LogP contribution in [0, 0.1) is 0 Å². The molecule has 1 rings (SSSR count). The van der Waals surface area contributed by atoms with Gasteiger partial charge in [0.1, 0.15) is 11.5 Å². The minimum Gasteiger partial charge on any atom is -0.495 e. The fraction of sp³-hybridized carbons (Fsp3) is 0.400. The van der Waals surface area contributed by atoms with Gasteiger partial charge >= 0.3 is 0 Å². The molecule has 0 aliphatic rings. The van der Waals surface area contributed by atoms with Crippen LogP contribution in [0.3, 0.4) is 0 Å². The minimum absolute atomic E-state index is 0.0982. The number of hydrogen-bond donors (Lipinski definition) is 1. The number of ether oxygens (including phenoxy) is 2. The van der Waals surface area contributed by atoms with Crippen LogP contribution < -0.4 is 9.47 Å². The van der Waals surface area contributed by atoms with Crippen molar-refractivity contribution in [1.29, 1.82) is 0 Å². The molecule has 0 radical (unpaired) electrons. The van der Waals surface area contributed by atoms with E-state index in [1.165, 1.54) is 7.11 Å². The van der Waals surface area contributed by atoms with E-state index in [4.69, 9.17) is 26.2 Å². The van der Waals surface area contributed by atoms with Crippen molar-refractivity contribution in [3.05, 3.63) is 22.7 Å². The van der Waals surface area contributed by atoms with Gasteiger partial charge in [0.15, 0.2) is 0 Å². The second kappa shape index (κ2) is 5.08. The monoisotopic (exact) mass is 216 g/mol. The fourth-order valence-electron chi connectivity index (χ4n) is 1.15. The highest BCUT2D eigenvalue weighted by atomic mass is 35.5. The molecule has 1 aromatic carbocycles. The van der Waals surface area contributed by atoms with E-state index >= 15 is 0 Å². The summed E-state index contributed by atoms with van der Waals surface area (Å²) in [6.45, 7) is 2.32. The summed E-state index contributed by atoms with van der Waals surface area (Å²) in [5.74, 6) is 1.16. The summed E-state index contributed by atoms with van der Waals surface area (Å²) in [6.07, 6.45) is 0. The molecule has 0 unspecified atom stereocenters. The lowest BCUT2D eigenvalue weighted by Gasteiger charge is -2.11. The zero-order valence-electron chi connectivity index (χ0n) is 8.21. The Bertz CT molecular complexity index is 312. The van der Waals surface area contributed by atoms with E-state index in [2.05, 4.69) is 0 Å². The van der Waals surface area contributed by atoms with Gasteiger partial charge in [0.2, 0.25) is 0 Å². The number of halogens is 1. The summed E-state index contributed by atoms with van der Waals surface area (Å²) < 4.78 is 10.4. The van der Waals surface area contributed by atoms with E-state index < -0.39 is 0 Å². The first-order chi connectivity index (χ1) is 6.72. The third-order valence-corrected chi connectivity index (χ3v) is 2.10. The van der Waals surface area contributed by atoms with E-state index in [0.717, 1.165) is 0 Å².